The van der Waals surface area contributed by atoms with Gasteiger partial charge in [-0.2, -0.15) is 0 Å². The van der Waals surface area contributed by atoms with E-state index in [0.717, 1.165) is 12.8 Å². The molecule has 2 aliphatic carbocycles. The summed E-state index contributed by atoms with van der Waals surface area (Å²) in [5.41, 5.74) is 4.29. The largest absolute Gasteiger partial charge is 0.454 e. The van der Waals surface area contributed by atoms with Crippen molar-refractivity contribution in [2.24, 2.45) is 0 Å². The highest BCUT2D eigenvalue weighted by Crippen LogP contribution is 2.48. The molecule has 2 nitrogen and oxygen atoms in total. The first kappa shape index (κ1) is 11.3. The predicted octanol–water partition coefficient (Wildman–Crippen LogP) is 3.75. The van der Waals surface area contributed by atoms with Crippen LogP contribution in [0.5, 0.6) is 0 Å². The fourth-order valence-electron chi connectivity index (χ4n) is 2.92. The van der Waals surface area contributed by atoms with Crippen LogP contribution in [0, 0.1) is 0 Å². The average Bonchev–Trinajstić information content (AvgIpc) is 2.70. The van der Waals surface area contributed by atoms with Crippen LogP contribution >= 0.6 is 0 Å². The highest BCUT2D eigenvalue weighted by atomic mass is 16.5. The highest BCUT2D eigenvalue weighted by molar-refractivity contribution is 5.87. The zero-order valence-electron chi connectivity index (χ0n) is 10.5. The third-order valence-corrected chi connectivity index (χ3v) is 3.74. The average molecular weight is 240 g/mol. The molecule has 1 aromatic carbocycles. The van der Waals surface area contributed by atoms with Crippen LogP contribution in [0.2, 0.25) is 0 Å². The SMILES string of the molecule is C=C(C)C(=O)OC1C[C@H]2CC=Cc3cccc1c32. The quantitative estimate of drug-likeness (QED) is 0.581. The van der Waals surface area contributed by atoms with E-state index in [0.29, 0.717) is 11.5 Å². The van der Waals surface area contributed by atoms with Crippen molar-refractivity contribution in [3.63, 3.8) is 0 Å². The molecule has 0 radical (unpaired) electrons. The van der Waals surface area contributed by atoms with Gasteiger partial charge in [0, 0.05) is 5.57 Å². The second-order valence-corrected chi connectivity index (χ2v) is 5.10. The molecular formula is C16H16O2. The van der Waals surface area contributed by atoms with E-state index in [1.54, 1.807) is 6.92 Å². The molecule has 0 saturated carbocycles. The summed E-state index contributed by atoms with van der Waals surface area (Å²) in [6.07, 6.45) is 6.22. The first-order valence-electron chi connectivity index (χ1n) is 6.32. The Morgan fingerprint density at radius 2 is 2.28 bits per heavy atom. The summed E-state index contributed by atoms with van der Waals surface area (Å²) in [4.78, 5) is 11.7. The monoisotopic (exact) mass is 240 g/mol. The summed E-state index contributed by atoms with van der Waals surface area (Å²) in [5, 5.41) is 0. The number of hydrogen-bond donors (Lipinski definition) is 0. The van der Waals surface area contributed by atoms with Gasteiger partial charge in [0.25, 0.3) is 0 Å². The van der Waals surface area contributed by atoms with Crippen LogP contribution in [0.4, 0.5) is 0 Å². The van der Waals surface area contributed by atoms with Crippen molar-refractivity contribution in [3.8, 4) is 0 Å². The molecule has 92 valence electrons. The maximum atomic E-state index is 11.7. The molecule has 0 amide bonds. The van der Waals surface area contributed by atoms with Crippen LogP contribution in [0.1, 0.15) is 48.5 Å². The first-order valence-corrected chi connectivity index (χ1v) is 6.32. The molecular weight excluding hydrogens is 224 g/mol. The van der Waals surface area contributed by atoms with Gasteiger partial charge in [-0.25, -0.2) is 4.79 Å². The molecule has 0 aliphatic heterocycles. The van der Waals surface area contributed by atoms with Crippen LogP contribution in [0.25, 0.3) is 6.08 Å². The van der Waals surface area contributed by atoms with Gasteiger partial charge >= 0.3 is 5.97 Å². The first-order chi connectivity index (χ1) is 8.66. The molecule has 0 spiro atoms. The number of carbonyl (C=O) groups is 1. The Bertz CT molecular complexity index is 554. The number of rotatable bonds is 2. The molecule has 3 rings (SSSR count). The van der Waals surface area contributed by atoms with Gasteiger partial charge < -0.3 is 4.74 Å². The standard InChI is InChI=1S/C16H16O2/c1-10(2)16(17)18-14-9-12-7-3-5-11-6-4-8-13(14)15(11)12/h3-6,8,12,14H,1,7,9H2,2H3/t12-,14?/m1/s1. The maximum Gasteiger partial charge on any atom is 0.333 e. The summed E-state index contributed by atoms with van der Waals surface area (Å²) in [7, 11) is 0. The molecule has 0 aromatic heterocycles. The Balaban J connectivity index is 1.94. The Hall–Kier alpha value is -1.83. The molecule has 2 heteroatoms. The van der Waals surface area contributed by atoms with Crippen LogP contribution in [0.3, 0.4) is 0 Å². The minimum absolute atomic E-state index is 0.103. The zero-order chi connectivity index (χ0) is 12.7. The fraction of sp³-hybridized carbons (Fsp3) is 0.312. The third-order valence-electron chi connectivity index (χ3n) is 3.74. The third kappa shape index (κ3) is 1.69. The predicted molar refractivity (Wildman–Crippen MR) is 71.1 cm³/mol. The summed E-state index contributed by atoms with van der Waals surface area (Å²) >= 11 is 0. The van der Waals surface area contributed by atoms with E-state index < -0.39 is 0 Å². The van der Waals surface area contributed by atoms with Gasteiger partial charge in [-0.1, -0.05) is 36.9 Å². The molecule has 0 N–H and O–H groups in total. The zero-order valence-corrected chi connectivity index (χ0v) is 10.5. The number of allylic oxidation sites excluding steroid dienone is 1. The van der Waals surface area contributed by atoms with Gasteiger partial charge in [0.2, 0.25) is 0 Å². The number of benzene rings is 1. The Morgan fingerprint density at radius 3 is 3.06 bits per heavy atom. The lowest BCUT2D eigenvalue weighted by Crippen LogP contribution is -2.09. The lowest BCUT2D eigenvalue weighted by atomic mass is 9.89. The van der Waals surface area contributed by atoms with Crippen LogP contribution in [-0.4, -0.2) is 5.97 Å². The van der Waals surface area contributed by atoms with E-state index in [1.807, 2.05) is 6.07 Å². The van der Waals surface area contributed by atoms with Gasteiger partial charge in [-0.15, -0.1) is 0 Å². The van der Waals surface area contributed by atoms with Crippen molar-refractivity contribution in [1.82, 2.24) is 0 Å². The van der Waals surface area contributed by atoms with E-state index in [-0.39, 0.29) is 12.1 Å². The maximum absolute atomic E-state index is 11.7. The normalized spacial score (nSPS) is 23.6. The topological polar surface area (TPSA) is 26.3 Å². The fourth-order valence-corrected chi connectivity index (χ4v) is 2.92. The Morgan fingerprint density at radius 1 is 1.44 bits per heavy atom. The molecule has 0 saturated heterocycles. The second kappa shape index (κ2) is 4.13. The molecule has 1 aromatic rings. The summed E-state index contributed by atoms with van der Waals surface area (Å²) < 4.78 is 5.55. The lowest BCUT2D eigenvalue weighted by Gasteiger charge is -2.15. The second-order valence-electron chi connectivity index (χ2n) is 5.10. The van der Waals surface area contributed by atoms with Crippen LogP contribution in [0.15, 0.2) is 36.4 Å². The smallest absolute Gasteiger partial charge is 0.333 e. The van der Waals surface area contributed by atoms with Crippen molar-refractivity contribution in [2.75, 3.05) is 0 Å². The van der Waals surface area contributed by atoms with Gasteiger partial charge in [0.1, 0.15) is 6.10 Å². The van der Waals surface area contributed by atoms with Crippen molar-refractivity contribution < 1.29 is 9.53 Å². The molecule has 2 aliphatic rings. The number of carbonyl (C=O) groups excluding carboxylic acids is 1. The van der Waals surface area contributed by atoms with Crippen molar-refractivity contribution in [1.29, 1.82) is 0 Å². The Kier molecular flexibility index (Phi) is 2.58. The number of ether oxygens (including phenoxy) is 1. The molecule has 18 heavy (non-hydrogen) atoms. The van der Waals surface area contributed by atoms with Crippen LogP contribution < -0.4 is 0 Å². The highest BCUT2D eigenvalue weighted by Gasteiger charge is 2.35. The minimum atomic E-state index is -0.288. The number of esters is 1. The van der Waals surface area contributed by atoms with E-state index >= 15 is 0 Å². The van der Waals surface area contributed by atoms with Gasteiger partial charge in [0.15, 0.2) is 0 Å². The van der Waals surface area contributed by atoms with Gasteiger partial charge in [-0.3, -0.25) is 0 Å². The van der Waals surface area contributed by atoms with E-state index in [2.05, 4.69) is 30.9 Å². The van der Waals surface area contributed by atoms with Gasteiger partial charge in [-0.05, 0) is 42.4 Å². The van der Waals surface area contributed by atoms with E-state index in [4.69, 9.17) is 4.74 Å². The minimum Gasteiger partial charge on any atom is -0.454 e. The molecule has 2 atom stereocenters. The number of hydrogen-bond acceptors (Lipinski definition) is 2. The molecule has 0 heterocycles. The Labute approximate surface area is 107 Å². The lowest BCUT2D eigenvalue weighted by molar-refractivity contribution is -0.144. The summed E-state index contributed by atoms with van der Waals surface area (Å²) in [6.45, 7) is 5.32. The van der Waals surface area contributed by atoms with Crippen molar-refractivity contribution >= 4 is 12.0 Å². The van der Waals surface area contributed by atoms with E-state index in [9.17, 15) is 4.79 Å². The molecule has 0 bridgehead atoms. The van der Waals surface area contributed by atoms with Gasteiger partial charge in [0.05, 0.1) is 0 Å². The van der Waals surface area contributed by atoms with Crippen molar-refractivity contribution in [3.05, 3.63) is 53.1 Å². The summed E-state index contributed by atoms with van der Waals surface area (Å²) in [5.74, 6) is 0.216. The van der Waals surface area contributed by atoms with Crippen LogP contribution in [-0.2, 0) is 9.53 Å². The summed E-state index contributed by atoms with van der Waals surface area (Å²) in [6, 6.07) is 6.24. The van der Waals surface area contributed by atoms with E-state index in [1.165, 1.54) is 16.7 Å². The van der Waals surface area contributed by atoms with Crippen molar-refractivity contribution in [2.45, 2.75) is 31.8 Å². The molecule has 0 fully saturated rings. The molecule has 1 unspecified atom stereocenters.